The van der Waals surface area contributed by atoms with Gasteiger partial charge in [-0.2, -0.15) is 9.78 Å². The largest absolute Gasteiger partial charge is 0.496 e. The molecular formula is C14H13N7O2. The molecule has 9 nitrogen and oxygen atoms in total. The van der Waals surface area contributed by atoms with Crippen LogP contribution in [0, 0.1) is 6.92 Å². The van der Waals surface area contributed by atoms with Crippen molar-refractivity contribution in [2.45, 2.75) is 13.0 Å². The van der Waals surface area contributed by atoms with E-state index in [0.29, 0.717) is 23.1 Å². The summed E-state index contributed by atoms with van der Waals surface area (Å²) in [6, 6.07) is 7.16. The molecule has 1 aromatic carbocycles. The van der Waals surface area contributed by atoms with Crippen molar-refractivity contribution in [3.63, 3.8) is 0 Å². The van der Waals surface area contributed by atoms with Crippen molar-refractivity contribution < 1.29 is 4.74 Å². The molecule has 23 heavy (non-hydrogen) atoms. The van der Waals surface area contributed by atoms with Crippen LogP contribution in [0.25, 0.3) is 0 Å². The van der Waals surface area contributed by atoms with Crippen molar-refractivity contribution in [3.8, 4) is 5.75 Å². The summed E-state index contributed by atoms with van der Waals surface area (Å²) in [6.45, 7) is 1.83. The van der Waals surface area contributed by atoms with Crippen LogP contribution < -0.4 is 15.6 Å². The van der Waals surface area contributed by atoms with Gasteiger partial charge in [0.25, 0.3) is 5.56 Å². The number of aromatic amines is 1. The lowest BCUT2D eigenvalue weighted by molar-refractivity contribution is 0.402. The van der Waals surface area contributed by atoms with Crippen LogP contribution in [-0.4, -0.2) is 37.5 Å². The van der Waals surface area contributed by atoms with Crippen LogP contribution in [0.2, 0.25) is 0 Å². The second-order valence-corrected chi connectivity index (χ2v) is 5.14. The standard InChI is InChI=1S/C14H13N7O2/c1-7-10-11(13(22)17-16-7)15-14-18-19-20-21(14)12(10)8-5-3-4-6-9(8)23-2/h3-6,12H,1-2H3,(H,17,22)(H,15,18,20)/t12-/m1/s1. The fourth-order valence-electron chi connectivity index (χ4n) is 2.88. The molecule has 0 fully saturated rings. The number of rotatable bonds is 2. The van der Waals surface area contributed by atoms with Gasteiger partial charge in [-0.15, -0.1) is 0 Å². The molecule has 1 atom stereocenters. The van der Waals surface area contributed by atoms with Gasteiger partial charge in [0.2, 0.25) is 5.95 Å². The van der Waals surface area contributed by atoms with E-state index in [0.717, 1.165) is 11.1 Å². The Labute approximate surface area is 130 Å². The van der Waals surface area contributed by atoms with Gasteiger partial charge in [-0.25, -0.2) is 5.10 Å². The zero-order valence-corrected chi connectivity index (χ0v) is 12.4. The van der Waals surface area contributed by atoms with Crippen LogP contribution in [0.1, 0.15) is 22.9 Å². The Morgan fingerprint density at radius 1 is 1.30 bits per heavy atom. The van der Waals surface area contributed by atoms with E-state index in [4.69, 9.17) is 4.74 Å². The molecule has 0 aliphatic carbocycles. The molecule has 0 saturated carbocycles. The van der Waals surface area contributed by atoms with Crippen molar-refractivity contribution in [1.29, 1.82) is 0 Å². The van der Waals surface area contributed by atoms with Crippen LogP contribution >= 0.6 is 0 Å². The molecule has 0 saturated heterocycles. The smallest absolute Gasteiger partial charge is 0.288 e. The molecule has 2 aromatic heterocycles. The Bertz CT molecular complexity index is 946. The Balaban J connectivity index is 2.05. The number of para-hydroxylation sites is 1. The predicted molar refractivity (Wildman–Crippen MR) is 80.9 cm³/mol. The molecule has 3 aromatic rings. The quantitative estimate of drug-likeness (QED) is 0.562. The van der Waals surface area contributed by atoms with Crippen molar-refractivity contribution in [3.05, 3.63) is 51.4 Å². The number of anilines is 2. The third-order valence-corrected chi connectivity index (χ3v) is 3.89. The second-order valence-electron chi connectivity index (χ2n) is 5.14. The van der Waals surface area contributed by atoms with Crippen LogP contribution in [-0.2, 0) is 0 Å². The summed E-state index contributed by atoms with van der Waals surface area (Å²) in [7, 11) is 1.60. The van der Waals surface area contributed by atoms with Gasteiger partial charge in [0.05, 0.1) is 12.8 Å². The highest BCUT2D eigenvalue weighted by molar-refractivity contribution is 5.65. The lowest BCUT2D eigenvalue weighted by Gasteiger charge is -2.27. The first-order valence-corrected chi connectivity index (χ1v) is 6.97. The molecule has 0 bridgehead atoms. The first kappa shape index (κ1) is 13.4. The Hall–Kier alpha value is -3.23. The van der Waals surface area contributed by atoms with Gasteiger partial charge in [-0.3, -0.25) is 4.79 Å². The molecule has 9 heteroatoms. The number of hydrogen-bond acceptors (Lipinski definition) is 7. The molecule has 0 spiro atoms. The number of H-pyrrole nitrogens is 1. The Morgan fingerprint density at radius 3 is 2.96 bits per heavy atom. The lowest BCUT2D eigenvalue weighted by atomic mass is 9.94. The van der Waals surface area contributed by atoms with Crippen LogP contribution in [0.3, 0.4) is 0 Å². The van der Waals surface area contributed by atoms with E-state index in [1.165, 1.54) is 0 Å². The summed E-state index contributed by atoms with van der Waals surface area (Å²) in [5.41, 5.74) is 2.33. The number of nitrogens with one attached hydrogen (secondary N) is 2. The molecule has 1 aliphatic rings. The second kappa shape index (κ2) is 4.90. The van der Waals surface area contributed by atoms with E-state index in [9.17, 15) is 4.79 Å². The number of tetrazole rings is 1. The van der Waals surface area contributed by atoms with Crippen molar-refractivity contribution >= 4 is 11.6 Å². The minimum Gasteiger partial charge on any atom is -0.496 e. The van der Waals surface area contributed by atoms with Gasteiger partial charge < -0.3 is 10.1 Å². The topological polar surface area (TPSA) is 111 Å². The van der Waals surface area contributed by atoms with E-state index in [1.54, 1.807) is 11.8 Å². The number of ether oxygens (including phenoxy) is 1. The van der Waals surface area contributed by atoms with Gasteiger partial charge in [0.15, 0.2) is 0 Å². The maximum absolute atomic E-state index is 12.2. The molecule has 0 amide bonds. The summed E-state index contributed by atoms with van der Waals surface area (Å²) in [4.78, 5) is 12.2. The molecule has 0 unspecified atom stereocenters. The summed E-state index contributed by atoms with van der Waals surface area (Å²) in [6.07, 6.45) is 0. The molecule has 1 aliphatic heterocycles. The SMILES string of the molecule is COc1ccccc1[C@@H]1c2c(C)n[nH]c(=O)c2Nc2nnnn21. The molecular weight excluding hydrogens is 298 g/mol. The van der Waals surface area contributed by atoms with Gasteiger partial charge in [0.1, 0.15) is 17.5 Å². The minimum atomic E-state index is -0.401. The zero-order chi connectivity index (χ0) is 16.0. The highest BCUT2D eigenvalue weighted by Crippen LogP contribution is 2.40. The number of fused-ring (bicyclic) bond motifs is 2. The average molecular weight is 311 g/mol. The maximum atomic E-state index is 12.2. The Kier molecular flexibility index (Phi) is 2.86. The van der Waals surface area contributed by atoms with E-state index >= 15 is 0 Å². The van der Waals surface area contributed by atoms with Gasteiger partial charge >= 0.3 is 0 Å². The summed E-state index contributed by atoms with van der Waals surface area (Å²) in [5, 5.41) is 21.2. The minimum absolute atomic E-state index is 0.320. The summed E-state index contributed by atoms with van der Waals surface area (Å²) < 4.78 is 7.09. The Morgan fingerprint density at radius 2 is 2.13 bits per heavy atom. The van der Waals surface area contributed by atoms with E-state index in [-0.39, 0.29) is 5.56 Å². The van der Waals surface area contributed by atoms with Crippen LogP contribution in [0.4, 0.5) is 11.6 Å². The highest BCUT2D eigenvalue weighted by Gasteiger charge is 2.34. The maximum Gasteiger partial charge on any atom is 0.288 e. The van der Waals surface area contributed by atoms with Gasteiger partial charge in [-0.05, 0) is 23.4 Å². The number of aromatic nitrogens is 6. The monoisotopic (exact) mass is 311 g/mol. The van der Waals surface area contributed by atoms with Crippen LogP contribution in [0.5, 0.6) is 5.75 Å². The molecule has 4 rings (SSSR count). The number of nitrogens with zero attached hydrogens (tertiary/aromatic N) is 5. The number of benzene rings is 1. The third-order valence-electron chi connectivity index (χ3n) is 3.89. The molecule has 0 radical (unpaired) electrons. The fraction of sp³-hybridized carbons (Fsp3) is 0.214. The molecule has 3 heterocycles. The highest BCUT2D eigenvalue weighted by atomic mass is 16.5. The van der Waals surface area contributed by atoms with Crippen molar-refractivity contribution in [2.24, 2.45) is 0 Å². The van der Waals surface area contributed by atoms with E-state index in [2.05, 4.69) is 31.0 Å². The fourth-order valence-corrected chi connectivity index (χ4v) is 2.88. The third kappa shape index (κ3) is 1.90. The lowest BCUT2D eigenvalue weighted by Crippen LogP contribution is -2.29. The average Bonchev–Trinajstić information content (AvgIpc) is 3.05. The molecule has 116 valence electrons. The van der Waals surface area contributed by atoms with E-state index in [1.807, 2.05) is 31.2 Å². The number of methoxy groups -OCH3 is 1. The van der Waals surface area contributed by atoms with Crippen molar-refractivity contribution in [1.82, 2.24) is 30.4 Å². The number of aryl methyl sites for hydroxylation is 1. The molecule has 2 N–H and O–H groups in total. The first-order chi connectivity index (χ1) is 11.2. The van der Waals surface area contributed by atoms with E-state index < -0.39 is 6.04 Å². The normalized spacial score (nSPS) is 15.5. The van der Waals surface area contributed by atoms with Crippen LogP contribution in [0.15, 0.2) is 29.1 Å². The van der Waals surface area contributed by atoms with Crippen molar-refractivity contribution in [2.75, 3.05) is 12.4 Å². The summed E-state index contributed by atoms with van der Waals surface area (Å²) in [5.74, 6) is 1.08. The first-order valence-electron chi connectivity index (χ1n) is 6.97. The summed E-state index contributed by atoms with van der Waals surface area (Å²) >= 11 is 0. The number of hydrogen-bond donors (Lipinski definition) is 2. The van der Waals surface area contributed by atoms with Gasteiger partial charge in [-0.1, -0.05) is 23.3 Å². The van der Waals surface area contributed by atoms with Gasteiger partial charge in [0, 0.05) is 11.1 Å². The predicted octanol–water partition coefficient (Wildman–Crippen LogP) is 0.768. The zero-order valence-electron chi connectivity index (χ0n) is 12.4.